The molecule has 24 heavy (non-hydrogen) atoms. The van der Waals surface area contributed by atoms with Crippen molar-refractivity contribution in [3.05, 3.63) is 66.2 Å². The average Bonchev–Trinajstić information content (AvgIpc) is 3.00. The minimum Gasteiger partial charge on any atom is -0.318 e. The number of imidazole rings is 1. The number of aromatic nitrogens is 4. The molecule has 0 unspecified atom stereocenters. The molecule has 1 aromatic carbocycles. The molecule has 4 rings (SSSR count). The second-order valence-electron chi connectivity index (χ2n) is 5.05. The Balaban J connectivity index is 1.72. The van der Waals surface area contributed by atoms with E-state index in [4.69, 9.17) is 5.26 Å². The number of hydrogen-bond donors (Lipinski definition) is 1. The van der Waals surface area contributed by atoms with E-state index >= 15 is 0 Å². The predicted octanol–water partition coefficient (Wildman–Crippen LogP) is 2.40. The normalized spacial score (nSPS) is 10.6. The van der Waals surface area contributed by atoms with Crippen LogP contribution in [-0.2, 0) is 0 Å². The lowest BCUT2D eigenvalue weighted by Crippen LogP contribution is -2.15. The fraction of sp³-hybridized carbons (Fsp3) is 0. The Hall–Kier alpha value is -3.79. The zero-order valence-corrected chi connectivity index (χ0v) is 12.3. The number of amides is 1. The molecule has 0 aliphatic heterocycles. The van der Waals surface area contributed by atoms with Gasteiger partial charge in [-0.05, 0) is 30.3 Å². The molecule has 1 amide bonds. The first-order valence-corrected chi connectivity index (χ1v) is 7.16. The van der Waals surface area contributed by atoms with Crippen molar-refractivity contribution >= 4 is 28.4 Å². The van der Waals surface area contributed by atoms with Gasteiger partial charge in [0.05, 0.1) is 16.7 Å². The van der Waals surface area contributed by atoms with Gasteiger partial charge in [0, 0.05) is 12.4 Å². The lowest BCUT2D eigenvalue weighted by Gasteiger charge is -2.05. The number of carbonyl (C=O) groups excluding carboxylic acids is 1. The summed E-state index contributed by atoms with van der Waals surface area (Å²) in [6.45, 7) is 0. The van der Waals surface area contributed by atoms with Gasteiger partial charge < -0.3 is 5.32 Å². The summed E-state index contributed by atoms with van der Waals surface area (Å²) in [5, 5.41) is 11.7. The number of carbonyl (C=O) groups is 1. The van der Waals surface area contributed by atoms with Crippen molar-refractivity contribution in [2.75, 3.05) is 5.32 Å². The van der Waals surface area contributed by atoms with Crippen LogP contribution in [0, 0.1) is 11.3 Å². The third-order valence-corrected chi connectivity index (χ3v) is 3.57. The molecule has 4 aromatic rings. The summed E-state index contributed by atoms with van der Waals surface area (Å²) in [5.41, 5.74) is 2.44. The average molecular weight is 314 g/mol. The second-order valence-corrected chi connectivity index (χ2v) is 5.05. The molecule has 0 saturated carbocycles. The molecule has 114 valence electrons. The Morgan fingerprint density at radius 3 is 2.88 bits per heavy atom. The van der Waals surface area contributed by atoms with Gasteiger partial charge in [0.2, 0.25) is 5.78 Å². The van der Waals surface area contributed by atoms with E-state index in [-0.39, 0.29) is 11.4 Å². The molecular formula is C17H10N6O. The van der Waals surface area contributed by atoms with Crippen LogP contribution < -0.4 is 5.32 Å². The number of anilines is 1. The van der Waals surface area contributed by atoms with Crippen molar-refractivity contribution < 1.29 is 4.79 Å². The molecule has 0 atom stereocenters. The number of hydrogen-bond acceptors (Lipinski definition) is 5. The zero-order valence-electron chi connectivity index (χ0n) is 12.3. The van der Waals surface area contributed by atoms with Crippen molar-refractivity contribution in [3.8, 4) is 6.07 Å². The first-order chi connectivity index (χ1) is 11.8. The summed E-state index contributed by atoms with van der Waals surface area (Å²) in [6.07, 6.45) is 3.25. The maximum atomic E-state index is 12.4. The number of rotatable bonds is 2. The number of pyridine rings is 1. The van der Waals surface area contributed by atoms with E-state index in [1.165, 1.54) is 6.20 Å². The standard InChI is InChI=1S/C17H10N6O/c18-10-14-11(5-3-8-19-14)20-16(24)13-7-9-23-15-6-2-1-4-12(15)21-17(23)22-13/h1-9H,(H,20,24). The topological polar surface area (TPSA) is 96.0 Å². The lowest BCUT2D eigenvalue weighted by molar-refractivity contribution is 0.102. The number of fused-ring (bicyclic) bond motifs is 3. The number of nitrogens with zero attached hydrogens (tertiary/aromatic N) is 5. The fourth-order valence-corrected chi connectivity index (χ4v) is 2.46. The highest BCUT2D eigenvalue weighted by Gasteiger charge is 2.13. The Morgan fingerprint density at radius 2 is 2.00 bits per heavy atom. The maximum Gasteiger partial charge on any atom is 0.274 e. The van der Waals surface area contributed by atoms with E-state index in [2.05, 4.69) is 20.3 Å². The molecule has 0 radical (unpaired) electrons. The molecule has 3 heterocycles. The molecule has 7 heteroatoms. The molecule has 0 bridgehead atoms. The van der Waals surface area contributed by atoms with E-state index in [1.807, 2.05) is 34.7 Å². The van der Waals surface area contributed by atoms with Crippen molar-refractivity contribution in [1.82, 2.24) is 19.4 Å². The van der Waals surface area contributed by atoms with Crippen LogP contribution in [0.1, 0.15) is 16.2 Å². The molecular weight excluding hydrogens is 304 g/mol. The van der Waals surface area contributed by atoms with Crippen molar-refractivity contribution in [2.24, 2.45) is 0 Å². The second kappa shape index (κ2) is 5.44. The first-order valence-electron chi connectivity index (χ1n) is 7.16. The van der Waals surface area contributed by atoms with Crippen LogP contribution in [0.3, 0.4) is 0 Å². The molecule has 0 aliphatic rings. The smallest absolute Gasteiger partial charge is 0.274 e. The third-order valence-electron chi connectivity index (χ3n) is 3.57. The van der Waals surface area contributed by atoms with Crippen molar-refractivity contribution in [2.45, 2.75) is 0 Å². The van der Waals surface area contributed by atoms with Gasteiger partial charge in [0.1, 0.15) is 11.8 Å². The SMILES string of the molecule is N#Cc1ncccc1NC(=O)c1ccn2c(n1)nc1ccccc12. The molecule has 0 fully saturated rings. The largest absolute Gasteiger partial charge is 0.318 e. The Morgan fingerprint density at radius 1 is 1.12 bits per heavy atom. The van der Waals surface area contributed by atoms with E-state index < -0.39 is 5.91 Å². The Labute approximate surface area is 136 Å². The van der Waals surface area contributed by atoms with Gasteiger partial charge in [-0.25, -0.2) is 15.0 Å². The van der Waals surface area contributed by atoms with Gasteiger partial charge in [-0.15, -0.1) is 0 Å². The molecule has 0 saturated heterocycles. The predicted molar refractivity (Wildman–Crippen MR) is 87.4 cm³/mol. The summed E-state index contributed by atoms with van der Waals surface area (Å²) in [6, 6.07) is 14.5. The van der Waals surface area contributed by atoms with E-state index in [0.717, 1.165) is 11.0 Å². The van der Waals surface area contributed by atoms with Crippen molar-refractivity contribution in [1.29, 1.82) is 5.26 Å². The van der Waals surface area contributed by atoms with E-state index in [9.17, 15) is 4.79 Å². The number of para-hydroxylation sites is 2. The monoisotopic (exact) mass is 314 g/mol. The first kappa shape index (κ1) is 13.8. The number of nitrogens with one attached hydrogen (secondary N) is 1. The van der Waals surface area contributed by atoms with Gasteiger partial charge in [0.15, 0.2) is 5.69 Å². The highest BCUT2D eigenvalue weighted by Crippen LogP contribution is 2.16. The molecule has 7 nitrogen and oxygen atoms in total. The van der Waals surface area contributed by atoms with Gasteiger partial charge >= 0.3 is 0 Å². The zero-order chi connectivity index (χ0) is 16.5. The summed E-state index contributed by atoms with van der Waals surface area (Å²) in [7, 11) is 0. The quantitative estimate of drug-likeness (QED) is 0.613. The van der Waals surface area contributed by atoms with Crippen LogP contribution >= 0.6 is 0 Å². The molecule has 0 spiro atoms. The molecule has 0 aliphatic carbocycles. The maximum absolute atomic E-state index is 12.4. The van der Waals surface area contributed by atoms with E-state index in [0.29, 0.717) is 11.5 Å². The van der Waals surface area contributed by atoms with Gasteiger partial charge in [0.25, 0.3) is 5.91 Å². The summed E-state index contributed by atoms with van der Waals surface area (Å²) in [5.74, 6) is 0.0181. The number of benzene rings is 1. The van der Waals surface area contributed by atoms with Gasteiger partial charge in [-0.3, -0.25) is 9.20 Å². The highest BCUT2D eigenvalue weighted by molar-refractivity contribution is 6.03. The molecule has 3 aromatic heterocycles. The number of nitriles is 1. The van der Waals surface area contributed by atoms with Crippen LogP contribution in [0.2, 0.25) is 0 Å². The Bertz CT molecular complexity index is 1120. The van der Waals surface area contributed by atoms with Crippen LogP contribution in [0.5, 0.6) is 0 Å². The minimum absolute atomic E-state index is 0.151. The summed E-state index contributed by atoms with van der Waals surface area (Å²) in [4.78, 5) is 25.0. The third kappa shape index (κ3) is 2.23. The van der Waals surface area contributed by atoms with Crippen molar-refractivity contribution in [3.63, 3.8) is 0 Å². The summed E-state index contributed by atoms with van der Waals surface area (Å²) < 4.78 is 1.82. The van der Waals surface area contributed by atoms with Crippen LogP contribution in [0.15, 0.2) is 54.9 Å². The Kier molecular flexibility index (Phi) is 3.14. The van der Waals surface area contributed by atoms with Gasteiger partial charge in [-0.1, -0.05) is 12.1 Å². The summed E-state index contributed by atoms with van der Waals surface area (Å²) >= 11 is 0. The molecule has 1 N–H and O–H groups in total. The lowest BCUT2D eigenvalue weighted by atomic mass is 10.3. The van der Waals surface area contributed by atoms with E-state index in [1.54, 1.807) is 24.4 Å². The minimum atomic E-state index is -0.422. The van der Waals surface area contributed by atoms with Gasteiger partial charge in [-0.2, -0.15) is 5.26 Å². The highest BCUT2D eigenvalue weighted by atomic mass is 16.1. The fourth-order valence-electron chi connectivity index (χ4n) is 2.46. The van der Waals surface area contributed by atoms with Crippen LogP contribution in [0.25, 0.3) is 16.8 Å². The van der Waals surface area contributed by atoms with Crippen LogP contribution in [-0.4, -0.2) is 25.3 Å². The van der Waals surface area contributed by atoms with Crippen LogP contribution in [0.4, 0.5) is 5.69 Å².